The van der Waals surface area contributed by atoms with Crippen LogP contribution < -0.4 is 10.1 Å². The molecular weight excluding hydrogens is 441 g/mol. The lowest BCUT2D eigenvalue weighted by molar-refractivity contribution is -0.125. The molecule has 1 aromatic heterocycles. The number of aromatic nitrogens is 1. The van der Waals surface area contributed by atoms with Crippen molar-refractivity contribution in [3.05, 3.63) is 34.0 Å². The van der Waals surface area contributed by atoms with E-state index < -0.39 is 11.0 Å². The van der Waals surface area contributed by atoms with E-state index in [9.17, 15) is 4.79 Å². The van der Waals surface area contributed by atoms with Crippen LogP contribution in [0, 0.1) is 3.57 Å². The van der Waals surface area contributed by atoms with Gasteiger partial charge >= 0.3 is 0 Å². The number of hydrogen-bond donors (Lipinski definition) is 2. The van der Waals surface area contributed by atoms with Crippen LogP contribution in [0.15, 0.2) is 35.6 Å². The highest BCUT2D eigenvalue weighted by Gasteiger charge is 2.26. The molecule has 6 nitrogen and oxygen atoms in total. The van der Waals surface area contributed by atoms with Crippen molar-refractivity contribution in [2.24, 2.45) is 5.16 Å². The molecule has 0 aliphatic carbocycles. The maximum Gasteiger partial charge on any atom is 0.272 e. The Morgan fingerprint density at radius 1 is 1.50 bits per heavy atom. The minimum atomic E-state index is -0.771. The van der Waals surface area contributed by atoms with E-state index in [2.05, 4.69) is 38.0 Å². The van der Waals surface area contributed by atoms with Crippen molar-refractivity contribution in [1.29, 1.82) is 0 Å². The Kier molecular flexibility index (Phi) is 6.27. The van der Waals surface area contributed by atoms with Crippen molar-refractivity contribution in [2.75, 3.05) is 6.26 Å². The van der Waals surface area contributed by atoms with Crippen molar-refractivity contribution in [2.45, 2.75) is 24.8 Å². The van der Waals surface area contributed by atoms with Crippen LogP contribution in [0.25, 0.3) is 10.9 Å². The molecule has 1 heterocycles. The first-order chi connectivity index (χ1) is 11.3. The van der Waals surface area contributed by atoms with Crippen molar-refractivity contribution in [3.63, 3.8) is 0 Å². The first-order valence-corrected chi connectivity index (χ1v) is 9.46. The Morgan fingerprint density at radius 2 is 2.25 bits per heavy atom. The van der Waals surface area contributed by atoms with Gasteiger partial charge in [-0.25, -0.2) is 0 Å². The number of nitrogens with one attached hydrogen (secondary N) is 1. The van der Waals surface area contributed by atoms with Crippen LogP contribution in [0.1, 0.15) is 13.8 Å². The van der Waals surface area contributed by atoms with Gasteiger partial charge in [-0.3, -0.25) is 9.78 Å². The molecule has 0 aliphatic heterocycles. The normalized spacial score (nSPS) is 13.2. The molecule has 24 heavy (non-hydrogen) atoms. The summed E-state index contributed by atoms with van der Waals surface area (Å²) in [6, 6.07) is 7.52. The number of hydrogen-bond acceptors (Lipinski definition) is 6. The van der Waals surface area contributed by atoms with Crippen LogP contribution in [0.4, 0.5) is 0 Å². The number of fused-ring (bicyclic) bond motifs is 1. The van der Waals surface area contributed by atoms with Crippen LogP contribution in [0.2, 0.25) is 0 Å². The Balaban J connectivity index is 2.16. The Hall–Kier alpha value is -1.55. The summed E-state index contributed by atoms with van der Waals surface area (Å²) < 4.78 is 6.84. The predicted molar refractivity (Wildman–Crippen MR) is 105 cm³/mol. The summed E-state index contributed by atoms with van der Waals surface area (Å²) in [7, 11) is 0. The lowest BCUT2D eigenvalue weighted by atomic mass is 10.1. The SMILES string of the molecule is CSC(Oc1ccc2ncc(I)cc2c1)C(=O)NC(C)(C)/C=N/O. The summed E-state index contributed by atoms with van der Waals surface area (Å²) in [5.41, 5.74) is -0.621. The molecule has 0 bridgehead atoms. The van der Waals surface area contributed by atoms with Crippen LogP contribution in [0.5, 0.6) is 5.75 Å². The first kappa shape index (κ1) is 18.8. The molecule has 128 valence electrons. The number of thioether (sulfide) groups is 1. The third kappa shape index (κ3) is 4.97. The molecule has 0 fully saturated rings. The van der Waals surface area contributed by atoms with Crippen LogP contribution in [-0.2, 0) is 4.79 Å². The maximum atomic E-state index is 12.4. The molecule has 1 amide bonds. The molecule has 1 unspecified atom stereocenters. The minimum absolute atomic E-state index is 0.298. The fraction of sp³-hybridized carbons (Fsp3) is 0.312. The van der Waals surface area contributed by atoms with E-state index >= 15 is 0 Å². The van der Waals surface area contributed by atoms with E-state index in [1.165, 1.54) is 18.0 Å². The molecule has 0 radical (unpaired) electrons. The summed E-state index contributed by atoms with van der Waals surface area (Å²) in [4.78, 5) is 16.7. The van der Waals surface area contributed by atoms with Gasteiger partial charge in [0.25, 0.3) is 5.91 Å². The topological polar surface area (TPSA) is 83.8 Å². The van der Waals surface area contributed by atoms with Gasteiger partial charge in [-0.2, -0.15) is 0 Å². The third-order valence-electron chi connectivity index (χ3n) is 3.12. The highest BCUT2D eigenvalue weighted by atomic mass is 127. The number of benzene rings is 1. The first-order valence-electron chi connectivity index (χ1n) is 7.10. The van der Waals surface area contributed by atoms with Gasteiger partial charge in [0.2, 0.25) is 5.44 Å². The summed E-state index contributed by atoms with van der Waals surface area (Å²) in [6.07, 6.45) is 4.85. The number of carbonyl (C=O) groups excluding carboxylic acids is 1. The highest BCUT2D eigenvalue weighted by molar-refractivity contribution is 14.1. The Bertz CT molecular complexity index is 767. The summed E-state index contributed by atoms with van der Waals surface area (Å²) in [6.45, 7) is 3.46. The van der Waals surface area contributed by atoms with E-state index in [1.54, 1.807) is 32.4 Å². The lowest BCUT2D eigenvalue weighted by Gasteiger charge is -2.24. The number of amides is 1. The van der Waals surface area contributed by atoms with Gasteiger partial charge in [-0.1, -0.05) is 5.16 Å². The number of nitrogens with zero attached hydrogens (tertiary/aromatic N) is 2. The zero-order valence-corrected chi connectivity index (χ0v) is 16.5. The zero-order valence-electron chi connectivity index (χ0n) is 13.5. The van der Waals surface area contributed by atoms with Gasteiger partial charge in [-0.05, 0) is 67.0 Å². The predicted octanol–water partition coefficient (Wildman–Crippen LogP) is 3.26. The fourth-order valence-corrected chi connectivity index (χ4v) is 3.00. The molecule has 1 atom stereocenters. The highest BCUT2D eigenvalue weighted by Crippen LogP contribution is 2.24. The summed E-state index contributed by atoms with van der Waals surface area (Å²) in [5.74, 6) is 0.294. The molecule has 0 spiro atoms. The van der Waals surface area contributed by atoms with E-state index in [4.69, 9.17) is 9.94 Å². The average Bonchev–Trinajstić information content (AvgIpc) is 2.51. The van der Waals surface area contributed by atoms with Gasteiger partial charge < -0.3 is 15.3 Å². The van der Waals surface area contributed by atoms with E-state index in [-0.39, 0.29) is 5.91 Å². The molecule has 0 saturated heterocycles. The largest absolute Gasteiger partial charge is 0.470 e. The maximum absolute atomic E-state index is 12.4. The zero-order chi connectivity index (χ0) is 17.7. The van der Waals surface area contributed by atoms with E-state index in [1.807, 2.05) is 18.2 Å². The number of halogens is 1. The minimum Gasteiger partial charge on any atom is -0.470 e. The molecule has 2 N–H and O–H groups in total. The Morgan fingerprint density at radius 3 is 2.92 bits per heavy atom. The molecule has 2 aromatic rings. The third-order valence-corrected chi connectivity index (χ3v) is 4.44. The fourth-order valence-electron chi connectivity index (χ4n) is 2.04. The molecule has 1 aromatic carbocycles. The second-order valence-electron chi connectivity index (χ2n) is 5.65. The molecule has 0 aliphatic rings. The second-order valence-corrected chi connectivity index (χ2v) is 7.79. The van der Waals surface area contributed by atoms with Crippen molar-refractivity contribution < 1.29 is 14.7 Å². The molecule has 8 heteroatoms. The van der Waals surface area contributed by atoms with Gasteiger partial charge in [-0.15, -0.1) is 11.8 Å². The Labute approximate surface area is 158 Å². The molecular formula is C16H18IN3O3S. The number of oxime groups is 1. The monoisotopic (exact) mass is 459 g/mol. The lowest BCUT2D eigenvalue weighted by Crippen LogP contribution is -2.49. The van der Waals surface area contributed by atoms with Crippen LogP contribution in [-0.4, -0.2) is 39.5 Å². The standard InChI is InChI=1S/C16H18IN3O3S/c1-16(2,9-19-22)20-14(21)15(24-3)23-12-4-5-13-10(7-12)6-11(17)8-18-13/h4-9,15,22H,1-3H3,(H,20,21)/b19-9+. The average molecular weight is 459 g/mol. The van der Waals surface area contributed by atoms with Gasteiger partial charge in [0.05, 0.1) is 17.3 Å². The van der Waals surface area contributed by atoms with Gasteiger partial charge in [0, 0.05) is 15.2 Å². The van der Waals surface area contributed by atoms with Gasteiger partial charge in [0.15, 0.2) is 0 Å². The number of rotatable bonds is 6. The van der Waals surface area contributed by atoms with Crippen LogP contribution >= 0.6 is 34.4 Å². The number of ether oxygens (including phenoxy) is 1. The number of pyridine rings is 1. The summed E-state index contributed by atoms with van der Waals surface area (Å²) >= 11 is 3.48. The smallest absolute Gasteiger partial charge is 0.272 e. The van der Waals surface area contributed by atoms with Crippen molar-refractivity contribution >= 4 is 57.4 Å². The quantitative estimate of drug-likeness (QED) is 0.228. The van der Waals surface area contributed by atoms with E-state index in [0.29, 0.717) is 5.75 Å². The molecule has 2 rings (SSSR count). The molecule has 0 saturated carbocycles. The van der Waals surface area contributed by atoms with Gasteiger partial charge in [0.1, 0.15) is 5.75 Å². The second kappa shape index (κ2) is 8.02. The van der Waals surface area contributed by atoms with Crippen molar-refractivity contribution in [3.8, 4) is 5.75 Å². The number of carbonyl (C=O) groups is 1. The van der Waals surface area contributed by atoms with E-state index in [0.717, 1.165) is 14.5 Å². The summed E-state index contributed by atoms with van der Waals surface area (Å²) in [5, 5.41) is 15.3. The van der Waals surface area contributed by atoms with Crippen molar-refractivity contribution in [1.82, 2.24) is 10.3 Å². The van der Waals surface area contributed by atoms with Crippen LogP contribution in [0.3, 0.4) is 0 Å².